The number of anilines is 1. The van der Waals surface area contributed by atoms with Crippen LogP contribution in [0.4, 0.5) is 5.69 Å². The van der Waals surface area contributed by atoms with Crippen LogP contribution in [-0.2, 0) is 0 Å². The summed E-state index contributed by atoms with van der Waals surface area (Å²) in [5.74, 6) is 0. The fourth-order valence-electron chi connectivity index (χ4n) is 3.98. The number of thiocarbonyl (C=S) groups is 1. The topological polar surface area (TPSA) is 59.3 Å². The Bertz CT molecular complexity index is 974. The highest BCUT2D eigenvalue weighted by atomic mass is 32.1. The van der Waals surface area contributed by atoms with Crippen LogP contribution in [-0.4, -0.2) is 22.4 Å². The smallest absolute Gasteiger partial charge is 0.114 e. The van der Waals surface area contributed by atoms with Gasteiger partial charge in [-0.1, -0.05) is 55.9 Å². The Morgan fingerprint density at radius 3 is 2.48 bits per heavy atom. The lowest BCUT2D eigenvalue weighted by atomic mass is 9.95. The molecular formula is C24H27N3OS. The van der Waals surface area contributed by atoms with E-state index in [1.54, 1.807) is 0 Å². The molecular weight excluding hydrogens is 378 g/mol. The predicted octanol–water partition coefficient (Wildman–Crippen LogP) is 5.13. The summed E-state index contributed by atoms with van der Waals surface area (Å²) >= 11 is 5.59. The molecule has 0 radical (unpaired) electrons. The predicted molar refractivity (Wildman–Crippen MR) is 123 cm³/mol. The number of hydrogen-bond donors (Lipinski definition) is 2. The van der Waals surface area contributed by atoms with E-state index in [0.29, 0.717) is 12.0 Å². The normalized spacial score (nSPS) is 19.1. The highest BCUT2D eigenvalue weighted by molar-refractivity contribution is 7.80. The minimum Gasteiger partial charge on any atom is -0.396 e. The Hall–Kier alpha value is -2.68. The molecule has 1 unspecified atom stereocenters. The van der Waals surface area contributed by atoms with Crippen LogP contribution in [0.3, 0.4) is 0 Å². The van der Waals surface area contributed by atoms with Crippen molar-refractivity contribution in [2.75, 3.05) is 11.5 Å². The molecule has 4 nitrogen and oxygen atoms in total. The van der Waals surface area contributed by atoms with Gasteiger partial charge in [0.1, 0.15) is 10.7 Å². The highest BCUT2D eigenvalue weighted by Crippen LogP contribution is 2.37. The first-order valence-electron chi connectivity index (χ1n) is 9.98. The number of rotatable bonds is 6. The van der Waals surface area contributed by atoms with Crippen molar-refractivity contribution < 1.29 is 5.11 Å². The number of allylic oxidation sites excluding steroid dienone is 1. The summed E-state index contributed by atoms with van der Waals surface area (Å²) in [5, 5.41) is 22.6. The number of aliphatic hydroxyl groups excluding tert-OH is 1. The van der Waals surface area contributed by atoms with Gasteiger partial charge in [-0.25, -0.2) is 0 Å². The van der Waals surface area contributed by atoms with Gasteiger partial charge in [0.05, 0.1) is 11.6 Å². The molecule has 0 saturated heterocycles. The Balaban J connectivity index is 2.08. The van der Waals surface area contributed by atoms with Crippen molar-refractivity contribution in [2.45, 2.75) is 45.7 Å². The first-order valence-corrected chi connectivity index (χ1v) is 10.4. The van der Waals surface area contributed by atoms with Crippen molar-refractivity contribution in [3.63, 3.8) is 0 Å². The van der Waals surface area contributed by atoms with Crippen molar-refractivity contribution in [2.24, 2.45) is 0 Å². The molecule has 0 bridgehead atoms. The van der Waals surface area contributed by atoms with Crippen molar-refractivity contribution in [3.05, 3.63) is 65.4 Å². The third kappa shape index (κ3) is 4.05. The number of hydrogen-bond acceptors (Lipinski definition) is 4. The summed E-state index contributed by atoms with van der Waals surface area (Å²) in [4.78, 5) is 3.03. The average Bonchev–Trinajstić information content (AvgIpc) is 2.72. The second-order valence-electron chi connectivity index (χ2n) is 7.56. The van der Waals surface area contributed by atoms with Crippen LogP contribution in [0.25, 0.3) is 11.1 Å². The Labute approximate surface area is 178 Å². The van der Waals surface area contributed by atoms with Crippen molar-refractivity contribution in [1.29, 1.82) is 5.26 Å². The van der Waals surface area contributed by atoms with Gasteiger partial charge < -0.3 is 15.3 Å². The molecule has 2 aromatic rings. The molecule has 3 rings (SSSR count). The van der Waals surface area contributed by atoms with Crippen LogP contribution in [0.2, 0.25) is 0 Å². The highest BCUT2D eigenvalue weighted by Gasteiger charge is 2.39. The zero-order valence-electron chi connectivity index (χ0n) is 17.2. The summed E-state index contributed by atoms with van der Waals surface area (Å²) in [6.07, 6.45) is 2.47. The van der Waals surface area contributed by atoms with E-state index in [2.05, 4.69) is 61.3 Å². The molecule has 1 atom stereocenters. The zero-order chi connectivity index (χ0) is 21.0. The minimum absolute atomic E-state index is 0.0642. The fraction of sp³-hybridized carbons (Fsp3) is 0.333. The van der Waals surface area contributed by atoms with Gasteiger partial charge in [-0.2, -0.15) is 5.26 Å². The Kier molecular flexibility index (Phi) is 6.36. The lowest BCUT2D eigenvalue weighted by Gasteiger charge is -2.49. The lowest BCUT2D eigenvalue weighted by Crippen LogP contribution is -2.62. The van der Waals surface area contributed by atoms with Crippen LogP contribution in [0.15, 0.2) is 59.8 Å². The van der Waals surface area contributed by atoms with Crippen molar-refractivity contribution in [3.8, 4) is 17.2 Å². The largest absolute Gasteiger partial charge is 0.396 e. The SMILES string of the molecule is CCCC1=C(C)C(=S)NC(C)(CCO)N1c1ccc(-c2ccccc2C#N)cc1. The molecule has 0 saturated carbocycles. The van der Waals surface area contributed by atoms with Gasteiger partial charge in [0, 0.05) is 30.0 Å². The first kappa shape index (κ1) is 21.0. The quantitative estimate of drug-likeness (QED) is 0.652. The molecule has 0 amide bonds. The molecule has 2 aromatic carbocycles. The molecule has 0 fully saturated rings. The van der Waals surface area contributed by atoms with Gasteiger partial charge in [0.15, 0.2) is 0 Å². The Morgan fingerprint density at radius 2 is 1.86 bits per heavy atom. The number of nitrogens with zero attached hydrogens (tertiary/aromatic N) is 2. The molecule has 29 heavy (non-hydrogen) atoms. The average molecular weight is 406 g/mol. The van der Waals surface area contributed by atoms with Gasteiger partial charge in [-0.05, 0) is 49.6 Å². The molecule has 150 valence electrons. The van der Waals surface area contributed by atoms with E-state index in [1.165, 1.54) is 5.70 Å². The lowest BCUT2D eigenvalue weighted by molar-refractivity contribution is 0.232. The van der Waals surface area contributed by atoms with Gasteiger partial charge in [0.2, 0.25) is 0 Å². The van der Waals surface area contributed by atoms with E-state index >= 15 is 0 Å². The summed E-state index contributed by atoms with van der Waals surface area (Å²) in [6.45, 7) is 6.36. The van der Waals surface area contributed by atoms with E-state index in [4.69, 9.17) is 12.2 Å². The Morgan fingerprint density at radius 1 is 1.17 bits per heavy atom. The number of nitriles is 1. The summed E-state index contributed by atoms with van der Waals surface area (Å²) in [7, 11) is 0. The van der Waals surface area contributed by atoms with Gasteiger partial charge in [-0.15, -0.1) is 0 Å². The molecule has 2 N–H and O–H groups in total. The number of aliphatic hydroxyl groups is 1. The first-order chi connectivity index (χ1) is 13.9. The van der Waals surface area contributed by atoms with Crippen molar-refractivity contribution >= 4 is 22.9 Å². The van der Waals surface area contributed by atoms with E-state index < -0.39 is 5.66 Å². The molecule has 0 aliphatic carbocycles. The maximum Gasteiger partial charge on any atom is 0.114 e. The minimum atomic E-state index is -0.498. The maximum absolute atomic E-state index is 9.71. The second-order valence-corrected chi connectivity index (χ2v) is 7.97. The van der Waals surface area contributed by atoms with Crippen LogP contribution in [0, 0.1) is 11.3 Å². The third-order valence-electron chi connectivity index (χ3n) is 5.49. The van der Waals surface area contributed by atoms with E-state index in [9.17, 15) is 10.4 Å². The fourth-order valence-corrected chi connectivity index (χ4v) is 4.32. The van der Waals surface area contributed by atoms with Crippen LogP contribution in [0.1, 0.15) is 45.6 Å². The molecule has 1 heterocycles. The molecule has 0 aromatic heterocycles. The van der Waals surface area contributed by atoms with E-state index in [-0.39, 0.29) is 6.61 Å². The second kappa shape index (κ2) is 8.77. The maximum atomic E-state index is 9.71. The van der Waals surface area contributed by atoms with E-state index in [0.717, 1.165) is 40.2 Å². The summed E-state index contributed by atoms with van der Waals surface area (Å²) in [6, 6.07) is 18.2. The van der Waals surface area contributed by atoms with Crippen LogP contribution < -0.4 is 10.2 Å². The number of benzene rings is 2. The van der Waals surface area contributed by atoms with Gasteiger partial charge in [0.25, 0.3) is 0 Å². The standard InChI is InChI=1S/C24H27N3OS/c1-4-7-22-17(2)23(29)26-24(3,14-15-28)27(22)20-12-10-18(11-13-20)21-9-6-5-8-19(21)16-25/h5-6,8-13,28H,4,7,14-15H2,1-3H3,(H,26,29). The van der Waals surface area contributed by atoms with Gasteiger partial charge >= 0.3 is 0 Å². The molecule has 5 heteroatoms. The summed E-state index contributed by atoms with van der Waals surface area (Å²) < 4.78 is 0. The molecule has 1 aliphatic rings. The monoisotopic (exact) mass is 405 g/mol. The number of nitrogens with one attached hydrogen (secondary N) is 1. The third-order valence-corrected chi connectivity index (χ3v) is 5.90. The van der Waals surface area contributed by atoms with Crippen LogP contribution in [0.5, 0.6) is 0 Å². The van der Waals surface area contributed by atoms with E-state index in [1.807, 2.05) is 24.3 Å². The molecule has 0 spiro atoms. The van der Waals surface area contributed by atoms with Crippen molar-refractivity contribution in [1.82, 2.24) is 5.32 Å². The zero-order valence-corrected chi connectivity index (χ0v) is 18.0. The molecule has 1 aliphatic heterocycles. The van der Waals surface area contributed by atoms with Gasteiger partial charge in [-0.3, -0.25) is 0 Å². The van der Waals surface area contributed by atoms with Crippen LogP contribution >= 0.6 is 12.2 Å². The summed E-state index contributed by atoms with van der Waals surface area (Å²) in [5.41, 5.74) is 5.41.